The summed E-state index contributed by atoms with van der Waals surface area (Å²) in [4.78, 5) is 34.9. The van der Waals surface area contributed by atoms with Crippen LogP contribution in [0.25, 0.3) is 0 Å². The van der Waals surface area contributed by atoms with Crippen molar-refractivity contribution in [1.82, 2.24) is 0 Å². The van der Waals surface area contributed by atoms with Crippen LogP contribution in [0.5, 0.6) is 0 Å². The third-order valence-corrected chi connectivity index (χ3v) is 4.34. The van der Waals surface area contributed by atoms with Gasteiger partial charge in [0.2, 0.25) is 0 Å². The lowest BCUT2D eigenvalue weighted by Crippen LogP contribution is -2.41. The van der Waals surface area contributed by atoms with E-state index in [-0.39, 0.29) is 0 Å². The summed E-state index contributed by atoms with van der Waals surface area (Å²) in [6, 6.07) is 0. The van der Waals surface area contributed by atoms with Crippen molar-refractivity contribution in [1.29, 1.82) is 0 Å². The normalized spacial score (nSPS) is 15.8. The molecule has 0 aliphatic heterocycles. The quantitative estimate of drug-likeness (QED) is 0.252. The molecule has 0 amide bonds. The molecule has 0 fully saturated rings. The first kappa shape index (κ1) is 22.8. The monoisotopic (exact) mass is 378 g/mol. The van der Waals surface area contributed by atoms with Gasteiger partial charge in [0.05, 0.1) is 0 Å². The third kappa shape index (κ3) is 7.94. The fourth-order valence-electron chi connectivity index (χ4n) is 1.76. The molecular formula is C15H22O9S. The molecule has 0 aliphatic carbocycles. The molecule has 0 aromatic carbocycles. The van der Waals surface area contributed by atoms with Crippen LogP contribution in [0.1, 0.15) is 20.8 Å². The average molecular weight is 378 g/mol. The Kier molecular flexibility index (Phi) is 9.07. The van der Waals surface area contributed by atoms with Gasteiger partial charge in [-0.1, -0.05) is 13.2 Å². The number of esters is 3. The fraction of sp³-hybridized carbons (Fsp3) is 0.533. The molecular weight excluding hydrogens is 356 g/mol. The molecule has 3 unspecified atom stereocenters. The summed E-state index contributed by atoms with van der Waals surface area (Å²) in [5, 5.41) is -1.35. The highest BCUT2D eigenvalue weighted by molar-refractivity contribution is 7.86. The zero-order valence-corrected chi connectivity index (χ0v) is 15.0. The molecule has 25 heavy (non-hydrogen) atoms. The van der Waals surface area contributed by atoms with Crippen LogP contribution in [0.15, 0.2) is 25.3 Å². The van der Waals surface area contributed by atoms with Gasteiger partial charge in [-0.25, -0.2) is 9.59 Å². The molecule has 142 valence electrons. The zero-order chi connectivity index (χ0) is 19.8. The number of hydrogen-bond donors (Lipinski definition) is 1. The topological polar surface area (TPSA) is 133 Å². The van der Waals surface area contributed by atoms with E-state index in [1.165, 1.54) is 13.8 Å². The summed E-state index contributed by atoms with van der Waals surface area (Å²) in [6.45, 7) is 9.71. The summed E-state index contributed by atoms with van der Waals surface area (Å²) >= 11 is 0. The van der Waals surface area contributed by atoms with Crippen molar-refractivity contribution in [2.24, 2.45) is 5.92 Å². The first-order valence-corrected chi connectivity index (χ1v) is 8.73. The van der Waals surface area contributed by atoms with Crippen molar-refractivity contribution >= 4 is 28.0 Å². The number of ether oxygens (including phenoxy) is 3. The van der Waals surface area contributed by atoms with Gasteiger partial charge >= 0.3 is 17.9 Å². The Morgan fingerprint density at radius 3 is 1.72 bits per heavy atom. The molecule has 3 atom stereocenters. The zero-order valence-electron chi connectivity index (χ0n) is 14.2. The van der Waals surface area contributed by atoms with Crippen LogP contribution in [0, 0.1) is 5.92 Å². The Hall–Kier alpha value is -2.20. The van der Waals surface area contributed by atoms with E-state index in [0.29, 0.717) is 0 Å². The van der Waals surface area contributed by atoms with Crippen LogP contribution >= 0.6 is 0 Å². The molecule has 9 nitrogen and oxygen atoms in total. The van der Waals surface area contributed by atoms with Gasteiger partial charge in [-0.2, -0.15) is 8.42 Å². The number of rotatable bonds is 10. The Morgan fingerprint density at radius 1 is 1.00 bits per heavy atom. The van der Waals surface area contributed by atoms with Gasteiger partial charge in [0.1, 0.15) is 30.0 Å². The van der Waals surface area contributed by atoms with Gasteiger partial charge in [-0.05, 0) is 20.8 Å². The lowest BCUT2D eigenvalue weighted by molar-refractivity contribution is -0.168. The average Bonchev–Trinajstić information content (AvgIpc) is 2.51. The summed E-state index contributed by atoms with van der Waals surface area (Å²) in [6.07, 6.45) is -0.349. The molecule has 0 aliphatic rings. The highest BCUT2D eigenvalue weighted by Gasteiger charge is 2.37. The molecule has 0 spiro atoms. The van der Waals surface area contributed by atoms with E-state index in [0.717, 1.165) is 19.1 Å². The minimum Gasteiger partial charge on any atom is -0.464 e. The smallest absolute Gasteiger partial charge is 0.330 e. The number of carbonyl (C=O) groups excluding carboxylic acids is 3. The second-order valence-electron chi connectivity index (χ2n) is 5.17. The van der Waals surface area contributed by atoms with Gasteiger partial charge in [0.25, 0.3) is 10.1 Å². The van der Waals surface area contributed by atoms with E-state index in [1.807, 2.05) is 0 Å². The molecule has 0 rings (SSSR count). The minimum absolute atomic E-state index is 0.627. The molecule has 0 radical (unpaired) electrons. The van der Waals surface area contributed by atoms with E-state index in [2.05, 4.69) is 13.2 Å². The Labute approximate surface area is 146 Å². The van der Waals surface area contributed by atoms with Crippen molar-refractivity contribution < 1.29 is 41.6 Å². The lowest BCUT2D eigenvalue weighted by atomic mass is 9.97. The SMILES string of the molecule is C=CC(=O)OC(C)C(C(=O)OCC(C)S(=O)(=O)O)C(C)OC(=O)C=C. The van der Waals surface area contributed by atoms with Gasteiger partial charge < -0.3 is 14.2 Å². The fourth-order valence-corrected chi connectivity index (χ4v) is 2.00. The van der Waals surface area contributed by atoms with Crippen LogP contribution in [0.2, 0.25) is 0 Å². The van der Waals surface area contributed by atoms with Crippen LogP contribution in [0.4, 0.5) is 0 Å². The Bertz CT molecular complexity index is 595. The maximum absolute atomic E-state index is 12.3. The molecule has 0 aromatic rings. The summed E-state index contributed by atoms with van der Waals surface area (Å²) in [7, 11) is -4.39. The lowest BCUT2D eigenvalue weighted by Gasteiger charge is -2.27. The second-order valence-corrected chi connectivity index (χ2v) is 7.01. The molecule has 0 saturated carbocycles. The van der Waals surface area contributed by atoms with E-state index in [1.54, 1.807) is 0 Å². The minimum atomic E-state index is -4.39. The summed E-state index contributed by atoms with van der Waals surface area (Å²) in [5.74, 6) is -3.82. The van der Waals surface area contributed by atoms with Gasteiger partial charge in [0, 0.05) is 12.2 Å². The molecule has 0 bridgehead atoms. The van der Waals surface area contributed by atoms with E-state index >= 15 is 0 Å². The molecule has 10 heteroatoms. The summed E-state index contributed by atoms with van der Waals surface area (Å²) in [5.41, 5.74) is 0. The number of hydrogen-bond acceptors (Lipinski definition) is 8. The van der Waals surface area contributed by atoms with Crippen molar-refractivity contribution in [3.63, 3.8) is 0 Å². The van der Waals surface area contributed by atoms with Gasteiger partial charge in [0.15, 0.2) is 0 Å². The van der Waals surface area contributed by atoms with Crippen molar-refractivity contribution in [3.05, 3.63) is 25.3 Å². The van der Waals surface area contributed by atoms with E-state index < -0.39 is 58.0 Å². The van der Waals surface area contributed by atoms with Gasteiger partial charge in [-0.15, -0.1) is 0 Å². The maximum atomic E-state index is 12.3. The highest BCUT2D eigenvalue weighted by Crippen LogP contribution is 2.19. The molecule has 0 heterocycles. The van der Waals surface area contributed by atoms with Gasteiger partial charge in [-0.3, -0.25) is 9.35 Å². The molecule has 0 aromatic heterocycles. The predicted molar refractivity (Wildman–Crippen MR) is 87.0 cm³/mol. The standard InChI is InChI=1S/C15H22O9S/c1-6-12(16)23-10(4)14(11(5)24-13(17)7-2)15(18)22-8-9(3)25(19,20)21/h6-7,9-11,14H,1-2,8H2,3-5H3,(H,19,20,21). The van der Waals surface area contributed by atoms with Crippen molar-refractivity contribution in [3.8, 4) is 0 Å². The Balaban J connectivity index is 5.23. The Morgan fingerprint density at radius 2 is 1.40 bits per heavy atom. The number of carbonyl (C=O) groups is 3. The maximum Gasteiger partial charge on any atom is 0.330 e. The van der Waals surface area contributed by atoms with Crippen molar-refractivity contribution in [2.45, 2.75) is 38.2 Å². The predicted octanol–water partition coefficient (Wildman–Crippen LogP) is 0.657. The molecule has 0 saturated heterocycles. The summed E-state index contributed by atoms with van der Waals surface area (Å²) < 4.78 is 45.5. The van der Waals surface area contributed by atoms with E-state index in [4.69, 9.17) is 18.8 Å². The van der Waals surface area contributed by atoms with E-state index in [9.17, 15) is 22.8 Å². The van der Waals surface area contributed by atoms with Crippen LogP contribution in [-0.2, 0) is 38.7 Å². The van der Waals surface area contributed by atoms with Crippen molar-refractivity contribution in [2.75, 3.05) is 6.61 Å². The second kappa shape index (κ2) is 9.94. The van der Waals surface area contributed by atoms with Crippen LogP contribution in [-0.4, -0.2) is 54.9 Å². The van der Waals surface area contributed by atoms with Crippen LogP contribution in [0.3, 0.4) is 0 Å². The first-order chi connectivity index (χ1) is 11.4. The largest absolute Gasteiger partial charge is 0.464 e. The third-order valence-electron chi connectivity index (χ3n) is 3.19. The molecule has 1 N–H and O–H groups in total. The van der Waals surface area contributed by atoms with Crippen LogP contribution < -0.4 is 0 Å². The first-order valence-electron chi connectivity index (χ1n) is 7.23. The highest BCUT2D eigenvalue weighted by atomic mass is 32.2.